The van der Waals surface area contributed by atoms with Gasteiger partial charge in [-0.25, -0.2) is 0 Å². The molecule has 2 amide bonds. The molecule has 25 heavy (non-hydrogen) atoms. The summed E-state index contributed by atoms with van der Waals surface area (Å²) in [5.41, 5.74) is 2.94. The van der Waals surface area contributed by atoms with Crippen molar-refractivity contribution in [3.8, 4) is 0 Å². The van der Waals surface area contributed by atoms with Gasteiger partial charge in [0.15, 0.2) is 0 Å². The zero-order valence-corrected chi connectivity index (χ0v) is 14.3. The van der Waals surface area contributed by atoms with Crippen LogP contribution in [-0.2, 0) is 4.79 Å². The molecule has 0 bridgehead atoms. The molecule has 0 fully saturated rings. The van der Waals surface area contributed by atoms with E-state index in [1.807, 2.05) is 26.0 Å². The predicted octanol–water partition coefficient (Wildman–Crippen LogP) is 2.92. The first-order valence-corrected chi connectivity index (χ1v) is 7.65. The van der Waals surface area contributed by atoms with Crippen molar-refractivity contribution in [2.24, 2.45) is 0 Å². The number of nitrogens with one attached hydrogen (secondary N) is 1. The molecule has 1 N–H and O–H groups in total. The summed E-state index contributed by atoms with van der Waals surface area (Å²) in [5.74, 6) is -0.697. The van der Waals surface area contributed by atoms with Gasteiger partial charge in [-0.1, -0.05) is 12.1 Å². The van der Waals surface area contributed by atoms with Crippen molar-refractivity contribution < 1.29 is 14.5 Å². The molecular formula is C18H19N3O4. The number of benzene rings is 2. The summed E-state index contributed by atoms with van der Waals surface area (Å²) in [6.45, 7) is 3.75. The van der Waals surface area contributed by atoms with E-state index in [1.54, 1.807) is 6.07 Å². The van der Waals surface area contributed by atoms with E-state index in [0.717, 1.165) is 11.1 Å². The minimum atomic E-state index is -0.532. The van der Waals surface area contributed by atoms with Gasteiger partial charge in [0.05, 0.1) is 11.5 Å². The molecule has 0 atom stereocenters. The van der Waals surface area contributed by atoms with E-state index >= 15 is 0 Å². The number of non-ortho nitro benzene ring substituents is 1. The second kappa shape index (κ2) is 7.57. The lowest BCUT2D eigenvalue weighted by atomic mass is 10.1. The minimum absolute atomic E-state index is 0.0909. The number of anilines is 1. The first kappa shape index (κ1) is 18.1. The van der Waals surface area contributed by atoms with E-state index in [2.05, 4.69) is 5.32 Å². The van der Waals surface area contributed by atoms with Crippen LogP contribution >= 0.6 is 0 Å². The van der Waals surface area contributed by atoms with Crippen LogP contribution in [-0.4, -0.2) is 35.2 Å². The Morgan fingerprint density at radius 2 is 1.76 bits per heavy atom. The molecule has 0 unspecified atom stereocenters. The maximum atomic E-state index is 12.3. The molecule has 2 aromatic rings. The Hall–Kier alpha value is -3.22. The molecule has 0 heterocycles. The number of nitrogens with zero attached hydrogens (tertiary/aromatic N) is 2. The van der Waals surface area contributed by atoms with Gasteiger partial charge in [0, 0.05) is 30.4 Å². The molecule has 7 nitrogen and oxygen atoms in total. The highest BCUT2D eigenvalue weighted by molar-refractivity contribution is 5.99. The number of amides is 2. The monoisotopic (exact) mass is 341 g/mol. The second-order valence-corrected chi connectivity index (χ2v) is 5.76. The average molecular weight is 341 g/mol. The van der Waals surface area contributed by atoms with Gasteiger partial charge in [-0.2, -0.15) is 0 Å². The molecule has 0 radical (unpaired) electrons. The van der Waals surface area contributed by atoms with Crippen molar-refractivity contribution >= 4 is 23.2 Å². The van der Waals surface area contributed by atoms with Crippen molar-refractivity contribution in [3.63, 3.8) is 0 Å². The Morgan fingerprint density at radius 3 is 2.36 bits per heavy atom. The van der Waals surface area contributed by atoms with Gasteiger partial charge >= 0.3 is 0 Å². The molecule has 0 aliphatic rings. The zero-order chi connectivity index (χ0) is 18.6. The third-order valence-corrected chi connectivity index (χ3v) is 3.93. The summed E-state index contributed by atoms with van der Waals surface area (Å²) in [6, 6.07) is 10.9. The quantitative estimate of drug-likeness (QED) is 0.668. The molecule has 130 valence electrons. The molecule has 2 aromatic carbocycles. The lowest BCUT2D eigenvalue weighted by Gasteiger charge is -2.17. The molecule has 2 rings (SSSR count). The number of aryl methyl sites for hydroxylation is 1. The van der Waals surface area contributed by atoms with Crippen molar-refractivity contribution in [1.29, 1.82) is 0 Å². The third-order valence-electron chi connectivity index (χ3n) is 3.93. The van der Waals surface area contributed by atoms with E-state index in [4.69, 9.17) is 0 Å². The van der Waals surface area contributed by atoms with Gasteiger partial charge in [0.2, 0.25) is 5.91 Å². The van der Waals surface area contributed by atoms with Crippen molar-refractivity contribution in [3.05, 3.63) is 69.3 Å². The highest BCUT2D eigenvalue weighted by atomic mass is 16.6. The largest absolute Gasteiger partial charge is 0.332 e. The van der Waals surface area contributed by atoms with Gasteiger partial charge in [-0.15, -0.1) is 0 Å². The first-order chi connectivity index (χ1) is 11.8. The average Bonchev–Trinajstić information content (AvgIpc) is 2.58. The predicted molar refractivity (Wildman–Crippen MR) is 94.6 cm³/mol. The van der Waals surface area contributed by atoms with Gasteiger partial charge in [-0.3, -0.25) is 19.7 Å². The number of nitro benzene ring substituents is 1. The maximum Gasteiger partial charge on any atom is 0.269 e. The SMILES string of the molecule is Cc1cccc(NC(=O)CN(C)C(=O)c2ccc([N+](=O)[O-])cc2)c1C. The Morgan fingerprint density at radius 1 is 1.12 bits per heavy atom. The number of carbonyl (C=O) groups is 2. The number of nitro groups is 1. The number of likely N-dealkylation sites (N-methyl/N-ethyl adjacent to an activating group) is 1. The molecule has 7 heteroatoms. The van der Waals surface area contributed by atoms with Crippen molar-refractivity contribution in [1.82, 2.24) is 4.90 Å². The first-order valence-electron chi connectivity index (χ1n) is 7.65. The van der Waals surface area contributed by atoms with Crippen LogP contribution in [0.5, 0.6) is 0 Å². The topological polar surface area (TPSA) is 92.6 Å². The molecule has 0 spiro atoms. The van der Waals surface area contributed by atoms with Crippen LogP contribution in [0.25, 0.3) is 0 Å². The van der Waals surface area contributed by atoms with Gasteiger partial charge in [-0.05, 0) is 43.2 Å². The van der Waals surface area contributed by atoms with E-state index in [-0.39, 0.29) is 29.6 Å². The Bertz CT molecular complexity index is 816. The Kier molecular flexibility index (Phi) is 5.49. The maximum absolute atomic E-state index is 12.3. The van der Waals surface area contributed by atoms with Gasteiger partial charge in [0.1, 0.15) is 0 Å². The van der Waals surface area contributed by atoms with Gasteiger partial charge < -0.3 is 10.2 Å². The summed E-state index contributed by atoms with van der Waals surface area (Å²) < 4.78 is 0. The number of carbonyl (C=O) groups excluding carboxylic acids is 2. The molecular weight excluding hydrogens is 322 g/mol. The van der Waals surface area contributed by atoms with Crippen LogP contribution in [0.4, 0.5) is 11.4 Å². The second-order valence-electron chi connectivity index (χ2n) is 5.76. The Balaban J connectivity index is 2.01. The van der Waals surface area contributed by atoms with E-state index in [0.29, 0.717) is 5.69 Å². The molecule has 0 saturated carbocycles. The van der Waals surface area contributed by atoms with Crippen LogP contribution in [0.15, 0.2) is 42.5 Å². The number of hydrogen-bond donors (Lipinski definition) is 1. The van der Waals surface area contributed by atoms with E-state index in [9.17, 15) is 19.7 Å². The van der Waals surface area contributed by atoms with Crippen LogP contribution in [0.2, 0.25) is 0 Å². The van der Waals surface area contributed by atoms with E-state index < -0.39 is 4.92 Å². The molecule has 0 aliphatic carbocycles. The number of rotatable bonds is 5. The fourth-order valence-electron chi connectivity index (χ4n) is 2.31. The third kappa shape index (κ3) is 4.41. The summed E-state index contributed by atoms with van der Waals surface area (Å²) in [4.78, 5) is 35.9. The van der Waals surface area contributed by atoms with Crippen LogP contribution in [0.3, 0.4) is 0 Å². The van der Waals surface area contributed by atoms with Crippen LogP contribution in [0.1, 0.15) is 21.5 Å². The fourth-order valence-corrected chi connectivity index (χ4v) is 2.31. The Labute approximate surface area is 145 Å². The minimum Gasteiger partial charge on any atom is -0.332 e. The molecule has 0 aromatic heterocycles. The summed E-state index contributed by atoms with van der Waals surface area (Å²) in [6.07, 6.45) is 0. The summed E-state index contributed by atoms with van der Waals surface area (Å²) >= 11 is 0. The zero-order valence-electron chi connectivity index (χ0n) is 14.3. The normalized spacial score (nSPS) is 10.2. The highest BCUT2D eigenvalue weighted by Gasteiger charge is 2.16. The van der Waals surface area contributed by atoms with Gasteiger partial charge in [0.25, 0.3) is 11.6 Å². The standard InChI is InChI=1S/C18H19N3O4/c1-12-5-4-6-16(13(12)2)19-17(22)11-20(3)18(23)14-7-9-15(10-8-14)21(24)25/h4-10H,11H2,1-3H3,(H,19,22). The van der Waals surface area contributed by atoms with Crippen LogP contribution < -0.4 is 5.32 Å². The lowest BCUT2D eigenvalue weighted by Crippen LogP contribution is -2.35. The number of hydrogen-bond acceptors (Lipinski definition) is 4. The van der Waals surface area contributed by atoms with Crippen LogP contribution in [0, 0.1) is 24.0 Å². The van der Waals surface area contributed by atoms with E-state index in [1.165, 1.54) is 36.2 Å². The highest BCUT2D eigenvalue weighted by Crippen LogP contribution is 2.18. The molecule has 0 saturated heterocycles. The smallest absolute Gasteiger partial charge is 0.269 e. The lowest BCUT2D eigenvalue weighted by molar-refractivity contribution is -0.384. The fraction of sp³-hybridized carbons (Fsp3) is 0.222. The molecule has 0 aliphatic heterocycles. The van der Waals surface area contributed by atoms with Crippen molar-refractivity contribution in [2.45, 2.75) is 13.8 Å². The van der Waals surface area contributed by atoms with Crippen molar-refractivity contribution in [2.75, 3.05) is 18.9 Å². The summed E-state index contributed by atoms with van der Waals surface area (Å²) in [5, 5.41) is 13.4. The summed E-state index contributed by atoms with van der Waals surface area (Å²) in [7, 11) is 1.51.